The SMILES string of the molecule is O=C(CCCO)NN=Cc1ccc(Sc2nc3ccccc3s2)c([N+](=O)[O-])c1. The van der Waals surface area contributed by atoms with E-state index in [9.17, 15) is 14.9 Å². The van der Waals surface area contributed by atoms with E-state index in [0.29, 0.717) is 16.9 Å². The summed E-state index contributed by atoms with van der Waals surface area (Å²) in [6, 6.07) is 12.4. The van der Waals surface area contributed by atoms with Crippen LogP contribution in [0.3, 0.4) is 0 Å². The number of hydrazone groups is 1. The van der Waals surface area contributed by atoms with Crippen LogP contribution in [0.25, 0.3) is 10.2 Å². The Morgan fingerprint density at radius 3 is 2.93 bits per heavy atom. The highest BCUT2D eigenvalue weighted by molar-refractivity contribution is 8.01. The molecule has 8 nitrogen and oxygen atoms in total. The van der Waals surface area contributed by atoms with E-state index in [2.05, 4.69) is 15.5 Å². The van der Waals surface area contributed by atoms with Crippen molar-refractivity contribution >= 4 is 51.1 Å². The first kappa shape index (κ1) is 19.9. The maximum atomic E-state index is 11.5. The summed E-state index contributed by atoms with van der Waals surface area (Å²) in [5, 5.41) is 24.0. The number of nitro benzene ring substituents is 1. The number of aliphatic hydroxyl groups is 1. The van der Waals surface area contributed by atoms with Gasteiger partial charge < -0.3 is 5.11 Å². The molecule has 1 aromatic heterocycles. The Bertz CT molecular complexity index is 1000. The number of benzene rings is 2. The standard InChI is InChI=1S/C18H16N4O4S2/c23-9-3-6-17(24)21-19-11-12-7-8-16(14(10-12)22(25)26)28-18-20-13-4-1-2-5-15(13)27-18/h1-2,4-5,7-8,10-11,23H,3,6,9H2,(H,21,24). The van der Waals surface area contributed by atoms with Crippen molar-refractivity contribution in [3.63, 3.8) is 0 Å². The fourth-order valence-electron chi connectivity index (χ4n) is 2.31. The van der Waals surface area contributed by atoms with E-state index < -0.39 is 4.92 Å². The van der Waals surface area contributed by atoms with Crippen LogP contribution in [-0.4, -0.2) is 33.7 Å². The van der Waals surface area contributed by atoms with Crippen molar-refractivity contribution < 1.29 is 14.8 Å². The predicted octanol–water partition coefficient (Wildman–Crippen LogP) is 3.58. The largest absolute Gasteiger partial charge is 0.396 e. The molecule has 0 radical (unpaired) electrons. The van der Waals surface area contributed by atoms with E-state index in [1.165, 1.54) is 35.4 Å². The molecule has 0 spiro atoms. The molecule has 0 fully saturated rings. The molecule has 0 atom stereocenters. The highest BCUT2D eigenvalue weighted by Crippen LogP contribution is 2.38. The zero-order valence-corrected chi connectivity index (χ0v) is 16.2. The van der Waals surface area contributed by atoms with Gasteiger partial charge in [0.25, 0.3) is 5.69 Å². The van der Waals surface area contributed by atoms with Gasteiger partial charge in [-0.15, -0.1) is 11.3 Å². The molecule has 1 amide bonds. The van der Waals surface area contributed by atoms with E-state index in [1.54, 1.807) is 12.1 Å². The fourth-order valence-corrected chi connectivity index (χ4v) is 4.42. The second-order valence-corrected chi connectivity index (χ2v) is 7.97. The highest BCUT2D eigenvalue weighted by atomic mass is 32.2. The maximum Gasteiger partial charge on any atom is 0.283 e. The number of aliphatic hydroxyl groups excluding tert-OH is 1. The van der Waals surface area contributed by atoms with Crippen LogP contribution in [-0.2, 0) is 4.79 Å². The minimum atomic E-state index is -0.452. The summed E-state index contributed by atoms with van der Waals surface area (Å²) in [4.78, 5) is 27.4. The van der Waals surface area contributed by atoms with Gasteiger partial charge in [0.15, 0.2) is 4.34 Å². The predicted molar refractivity (Wildman–Crippen MR) is 109 cm³/mol. The van der Waals surface area contributed by atoms with E-state index in [4.69, 9.17) is 5.11 Å². The van der Waals surface area contributed by atoms with Crippen LogP contribution in [0.15, 0.2) is 56.8 Å². The van der Waals surface area contributed by atoms with Crippen LogP contribution < -0.4 is 5.43 Å². The summed E-state index contributed by atoms with van der Waals surface area (Å²) >= 11 is 2.72. The Morgan fingerprint density at radius 1 is 1.36 bits per heavy atom. The number of rotatable bonds is 8. The molecule has 0 bridgehead atoms. The minimum absolute atomic E-state index is 0.0557. The van der Waals surface area contributed by atoms with Gasteiger partial charge in [-0.1, -0.05) is 30.0 Å². The van der Waals surface area contributed by atoms with Gasteiger partial charge in [0.2, 0.25) is 5.91 Å². The van der Waals surface area contributed by atoms with Crippen molar-refractivity contribution in [2.45, 2.75) is 22.1 Å². The number of carbonyl (C=O) groups excluding carboxylic acids is 1. The third kappa shape index (κ3) is 5.12. The molecule has 2 aromatic carbocycles. The lowest BCUT2D eigenvalue weighted by molar-refractivity contribution is -0.387. The number of hydrogen-bond acceptors (Lipinski definition) is 8. The average Bonchev–Trinajstić information content (AvgIpc) is 3.09. The van der Waals surface area contributed by atoms with Gasteiger partial charge in [-0.25, -0.2) is 10.4 Å². The van der Waals surface area contributed by atoms with Crippen LogP contribution >= 0.6 is 23.1 Å². The first-order chi connectivity index (χ1) is 13.6. The van der Waals surface area contributed by atoms with Crippen molar-refractivity contribution in [3.8, 4) is 0 Å². The van der Waals surface area contributed by atoms with Gasteiger partial charge >= 0.3 is 0 Å². The molecule has 0 saturated carbocycles. The summed E-state index contributed by atoms with van der Waals surface area (Å²) in [6.07, 6.45) is 1.85. The first-order valence-corrected chi connectivity index (χ1v) is 9.95. The molecule has 0 unspecified atom stereocenters. The van der Waals surface area contributed by atoms with Gasteiger partial charge in [0.05, 0.1) is 26.3 Å². The van der Waals surface area contributed by atoms with Gasteiger partial charge in [0.1, 0.15) is 0 Å². The van der Waals surface area contributed by atoms with E-state index in [0.717, 1.165) is 14.6 Å². The number of thiazole rings is 1. The number of carbonyl (C=O) groups is 1. The van der Waals surface area contributed by atoms with E-state index in [1.807, 2.05) is 24.3 Å². The third-order valence-electron chi connectivity index (χ3n) is 3.62. The molecule has 10 heteroatoms. The number of nitrogens with one attached hydrogen (secondary N) is 1. The van der Waals surface area contributed by atoms with Gasteiger partial charge in [-0.3, -0.25) is 14.9 Å². The normalized spacial score (nSPS) is 11.2. The Balaban J connectivity index is 1.75. The fraction of sp³-hybridized carbons (Fsp3) is 0.167. The van der Waals surface area contributed by atoms with Gasteiger partial charge in [-0.2, -0.15) is 5.10 Å². The number of amides is 1. The summed E-state index contributed by atoms with van der Waals surface area (Å²) in [7, 11) is 0. The second kappa shape index (κ2) is 9.40. The molecule has 3 aromatic rings. The van der Waals surface area contributed by atoms with Crippen molar-refractivity contribution in [2.75, 3.05) is 6.61 Å². The molecule has 0 aliphatic carbocycles. The summed E-state index contributed by atoms with van der Waals surface area (Å²) < 4.78 is 1.75. The van der Waals surface area contributed by atoms with Crippen LogP contribution in [0.4, 0.5) is 5.69 Å². The Kier molecular flexibility index (Phi) is 6.69. The van der Waals surface area contributed by atoms with Crippen LogP contribution in [0, 0.1) is 10.1 Å². The van der Waals surface area contributed by atoms with Crippen LogP contribution in [0.5, 0.6) is 0 Å². The third-order valence-corrected chi connectivity index (χ3v) is 5.78. The zero-order valence-electron chi connectivity index (χ0n) is 14.6. The van der Waals surface area contributed by atoms with Crippen LogP contribution in [0.1, 0.15) is 18.4 Å². The van der Waals surface area contributed by atoms with Crippen molar-refractivity contribution in [1.29, 1.82) is 0 Å². The second-order valence-electron chi connectivity index (χ2n) is 5.65. The van der Waals surface area contributed by atoms with E-state index in [-0.39, 0.29) is 24.6 Å². The Morgan fingerprint density at radius 2 is 2.18 bits per heavy atom. The molecular weight excluding hydrogens is 400 g/mol. The van der Waals surface area contributed by atoms with E-state index >= 15 is 0 Å². The lowest BCUT2D eigenvalue weighted by Gasteiger charge is -2.02. The molecule has 28 heavy (non-hydrogen) atoms. The number of fused-ring (bicyclic) bond motifs is 1. The number of aromatic nitrogens is 1. The molecule has 1 heterocycles. The topological polar surface area (TPSA) is 118 Å². The zero-order chi connectivity index (χ0) is 19.9. The molecule has 144 valence electrons. The maximum absolute atomic E-state index is 11.5. The summed E-state index contributed by atoms with van der Waals surface area (Å²) in [6.45, 7) is -0.0723. The molecule has 0 aliphatic rings. The molecule has 2 N–H and O–H groups in total. The Labute approximate surface area is 168 Å². The lowest BCUT2D eigenvalue weighted by Crippen LogP contribution is -2.17. The van der Waals surface area contributed by atoms with Gasteiger partial charge in [0, 0.05) is 24.7 Å². The molecule has 0 saturated heterocycles. The molecular formula is C18H16N4O4S2. The summed E-state index contributed by atoms with van der Waals surface area (Å²) in [5.74, 6) is -0.331. The quantitative estimate of drug-likeness (QED) is 0.329. The number of para-hydroxylation sites is 1. The number of nitro groups is 1. The average molecular weight is 416 g/mol. The van der Waals surface area contributed by atoms with Crippen molar-refractivity contribution in [1.82, 2.24) is 10.4 Å². The van der Waals surface area contributed by atoms with Gasteiger partial charge in [-0.05, 0) is 24.6 Å². The van der Waals surface area contributed by atoms with Crippen molar-refractivity contribution in [2.24, 2.45) is 5.10 Å². The highest BCUT2D eigenvalue weighted by Gasteiger charge is 2.17. The summed E-state index contributed by atoms with van der Waals surface area (Å²) in [5.41, 5.74) is 3.61. The monoisotopic (exact) mass is 416 g/mol. The minimum Gasteiger partial charge on any atom is -0.396 e. The number of nitrogens with zero attached hydrogens (tertiary/aromatic N) is 3. The lowest BCUT2D eigenvalue weighted by atomic mass is 10.2. The smallest absolute Gasteiger partial charge is 0.283 e. The first-order valence-electron chi connectivity index (χ1n) is 8.31. The molecule has 0 aliphatic heterocycles. The van der Waals surface area contributed by atoms with Crippen molar-refractivity contribution in [3.05, 3.63) is 58.1 Å². The van der Waals surface area contributed by atoms with Crippen LogP contribution in [0.2, 0.25) is 0 Å². The molecule has 3 rings (SSSR count). The number of hydrogen-bond donors (Lipinski definition) is 2. The Hall–Kier alpha value is -2.82.